The average Bonchev–Trinajstić information content (AvgIpc) is 2.81. The van der Waals surface area contributed by atoms with Crippen molar-refractivity contribution in [1.82, 2.24) is 24.8 Å². The van der Waals surface area contributed by atoms with Crippen LogP contribution < -0.4 is 10.6 Å². The SMILES string of the molecule is CCNC(=S)Nc1cc(-n2ccnc2)nc(C)n1. The molecule has 7 heteroatoms. The number of rotatable bonds is 3. The lowest BCUT2D eigenvalue weighted by atomic mass is 10.5. The molecule has 0 bridgehead atoms. The molecule has 94 valence electrons. The monoisotopic (exact) mass is 262 g/mol. The fraction of sp³-hybridized carbons (Fsp3) is 0.273. The molecule has 0 aromatic carbocycles. The minimum Gasteiger partial charge on any atom is -0.363 e. The number of aryl methyl sites for hydroxylation is 1. The van der Waals surface area contributed by atoms with Gasteiger partial charge in [0.2, 0.25) is 0 Å². The molecule has 0 amide bonds. The van der Waals surface area contributed by atoms with E-state index in [9.17, 15) is 0 Å². The Kier molecular flexibility index (Phi) is 3.83. The van der Waals surface area contributed by atoms with Gasteiger partial charge in [-0.3, -0.25) is 4.57 Å². The molecule has 2 aromatic rings. The van der Waals surface area contributed by atoms with Crippen LogP contribution in [0, 0.1) is 6.92 Å². The van der Waals surface area contributed by atoms with Crippen LogP contribution >= 0.6 is 12.2 Å². The maximum absolute atomic E-state index is 5.12. The van der Waals surface area contributed by atoms with Gasteiger partial charge in [-0.15, -0.1) is 0 Å². The van der Waals surface area contributed by atoms with Crippen LogP contribution in [0.1, 0.15) is 12.7 Å². The zero-order chi connectivity index (χ0) is 13.0. The first-order valence-electron chi connectivity index (χ1n) is 5.58. The van der Waals surface area contributed by atoms with Crippen LogP contribution in [0.3, 0.4) is 0 Å². The van der Waals surface area contributed by atoms with Gasteiger partial charge in [-0.05, 0) is 26.1 Å². The molecule has 2 heterocycles. The first kappa shape index (κ1) is 12.4. The van der Waals surface area contributed by atoms with Gasteiger partial charge in [-0.1, -0.05) is 0 Å². The number of anilines is 1. The summed E-state index contributed by atoms with van der Waals surface area (Å²) in [5.41, 5.74) is 0. The molecule has 0 aliphatic carbocycles. The second-order valence-electron chi connectivity index (χ2n) is 3.61. The van der Waals surface area contributed by atoms with E-state index >= 15 is 0 Å². The highest BCUT2D eigenvalue weighted by atomic mass is 32.1. The van der Waals surface area contributed by atoms with Crippen molar-refractivity contribution in [2.45, 2.75) is 13.8 Å². The van der Waals surface area contributed by atoms with E-state index in [-0.39, 0.29) is 0 Å². The first-order chi connectivity index (χ1) is 8.69. The second-order valence-corrected chi connectivity index (χ2v) is 4.02. The summed E-state index contributed by atoms with van der Waals surface area (Å²) in [7, 11) is 0. The van der Waals surface area contributed by atoms with E-state index < -0.39 is 0 Å². The van der Waals surface area contributed by atoms with Crippen LogP contribution in [0.25, 0.3) is 5.82 Å². The Balaban J connectivity index is 2.24. The van der Waals surface area contributed by atoms with Gasteiger partial charge < -0.3 is 10.6 Å². The molecule has 6 nitrogen and oxygen atoms in total. The summed E-state index contributed by atoms with van der Waals surface area (Å²) < 4.78 is 1.82. The standard InChI is InChI=1S/C11H14N6S/c1-3-13-11(18)16-9-6-10(15-8(2)14-9)17-5-4-12-7-17/h4-7H,3H2,1-2H3,(H2,13,14,15,16,18). The topological polar surface area (TPSA) is 67.7 Å². The molecular weight excluding hydrogens is 248 g/mol. The van der Waals surface area contributed by atoms with Crippen molar-refractivity contribution in [1.29, 1.82) is 0 Å². The summed E-state index contributed by atoms with van der Waals surface area (Å²) in [6.07, 6.45) is 5.22. The van der Waals surface area contributed by atoms with Gasteiger partial charge in [0.25, 0.3) is 0 Å². The Labute approximate surface area is 110 Å². The fourth-order valence-corrected chi connectivity index (χ4v) is 1.71. The van der Waals surface area contributed by atoms with Gasteiger partial charge in [0, 0.05) is 25.0 Å². The highest BCUT2D eigenvalue weighted by Crippen LogP contribution is 2.10. The molecule has 0 spiro atoms. The minimum atomic E-state index is 0.548. The number of thiocarbonyl (C=S) groups is 1. The van der Waals surface area contributed by atoms with E-state index in [0.29, 0.717) is 16.8 Å². The zero-order valence-electron chi connectivity index (χ0n) is 10.2. The Morgan fingerprint density at radius 2 is 2.28 bits per heavy atom. The van der Waals surface area contributed by atoms with Crippen LogP contribution in [-0.4, -0.2) is 31.2 Å². The number of hydrogen-bond acceptors (Lipinski definition) is 4. The number of nitrogens with one attached hydrogen (secondary N) is 2. The summed E-state index contributed by atoms with van der Waals surface area (Å²) in [5, 5.41) is 6.58. The lowest BCUT2D eigenvalue weighted by molar-refractivity contribution is 0.937. The molecular formula is C11H14N6S. The van der Waals surface area contributed by atoms with E-state index in [4.69, 9.17) is 12.2 Å². The normalized spacial score (nSPS) is 10.1. The number of hydrogen-bond donors (Lipinski definition) is 2. The van der Waals surface area contributed by atoms with E-state index in [2.05, 4.69) is 25.6 Å². The van der Waals surface area contributed by atoms with Crippen molar-refractivity contribution >= 4 is 23.1 Å². The minimum absolute atomic E-state index is 0.548. The number of aromatic nitrogens is 4. The molecule has 0 saturated carbocycles. The lowest BCUT2D eigenvalue weighted by Gasteiger charge is -2.10. The molecule has 0 aliphatic heterocycles. The van der Waals surface area contributed by atoms with Gasteiger partial charge in [-0.2, -0.15) is 0 Å². The molecule has 2 N–H and O–H groups in total. The smallest absolute Gasteiger partial charge is 0.171 e. The quantitative estimate of drug-likeness (QED) is 0.812. The highest BCUT2D eigenvalue weighted by Gasteiger charge is 2.04. The van der Waals surface area contributed by atoms with Gasteiger partial charge in [0.15, 0.2) is 5.11 Å². The van der Waals surface area contributed by atoms with Gasteiger partial charge >= 0.3 is 0 Å². The van der Waals surface area contributed by atoms with E-state index in [1.165, 1.54) is 0 Å². The summed E-state index contributed by atoms with van der Waals surface area (Å²) in [5.74, 6) is 2.09. The molecule has 0 aliphatic rings. The first-order valence-corrected chi connectivity index (χ1v) is 5.98. The van der Waals surface area contributed by atoms with E-state index in [1.807, 2.05) is 30.7 Å². The largest absolute Gasteiger partial charge is 0.363 e. The summed E-state index contributed by atoms with van der Waals surface area (Å²) in [6, 6.07) is 1.82. The van der Waals surface area contributed by atoms with Crippen molar-refractivity contribution in [3.63, 3.8) is 0 Å². The molecule has 0 saturated heterocycles. The number of imidazole rings is 1. The van der Waals surface area contributed by atoms with Crippen LogP contribution in [0.5, 0.6) is 0 Å². The fourth-order valence-electron chi connectivity index (χ4n) is 1.46. The average molecular weight is 262 g/mol. The molecule has 0 fully saturated rings. The lowest BCUT2D eigenvalue weighted by Crippen LogP contribution is -2.28. The summed E-state index contributed by atoms with van der Waals surface area (Å²) >= 11 is 5.12. The molecule has 18 heavy (non-hydrogen) atoms. The second kappa shape index (κ2) is 5.54. The highest BCUT2D eigenvalue weighted by molar-refractivity contribution is 7.80. The molecule has 0 unspecified atom stereocenters. The van der Waals surface area contributed by atoms with Crippen LogP contribution in [-0.2, 0) is 0 Å². The van der Waals surface area contributed by atoms with Crippen LogP contribution in [0.2, 0.25) is 0 Å². The van der Waals surface area contributed by atoms with Gasteiger partial charge in [0.1, 0.15) is 23.8 Å². The van der Waals surface area contributed by atoms with Crippen molar-refractivity contribution < 1.29 is 0 Å². The van der Waals surface area contributed by atoms with E-state index in [1.54, 1.807) is 12.5 Å². The van der Waals surface area contributed by atoms with Crippen molar-refractivity contribution in [3.05, 3.63) is 30.6 Å². The Bertz CT molecular complexity index is 536. The predicted octanol–water partition coefficient (Wildman–Crippen LogP) is 1.28. The van der Waals surface area contributed by atoms with E-state index in [0.717, 1.165) is 12.4 Å². The molecule has 2 aromatic heterocycles. The third-order valence-corrected chi connectivity index (χ3v) is 2.42. The van der Waals surface area contributed by atoms with Crippen LogP contribution in [0.15, 0.2) is 24.8 Å². The Morgan fingerprint density at radius 3 is 2.94 bits per heavy atom. The third kappa shape index (κ3) is 3.01. The molecule has 0 atom stereocenters. The van der Waals surface area contributed by atoms with Gasteiger partial charge in [-0.25, -0.2) is 15.0 Å². The maximum atomic E-state index is 5.12. The van der Waals surface area contributed by atoms with Crippen LogP contribution in [0.4, 0.5) is 5.82 Å². The third-order valence-electron chi connectivity index (χ3n) is 2.17. The summed E-state index contributed by atoms with van der Waals surface area (Å²) in [4.78, 5) is 12.6. The van der Waals surface area contributed by atoms with Crippen molar-refractivity contribution in [3.8, 4) is 5.82 Å². The zero-order valence-corrected chi connectivity index (χ0v) is 11.0. The predicted molar refractivity (Wildman–Crippen MR) is 73.8 cm³/mol. The molecule has 0 radical (unpaired) electrons. The van der Waals surface area contributed by atoms with Gasteiger partial charge in [0.05, 0.1) is 0 Å². The maximum Gasteiger partial charge on any atom is 0.171 e. The summed E-state index contributed by atoms with van der Waals surface area (Å²) in [6.45, 7) is 4.59. The Hall–Kier alpha value is -2.02. The van der Waals surface area contributed by atoms with Crippen molar-refractivity contribution in [2.24, 2.45) is 0 Å². The molecule has 2 rings (SSSR count). The number of nitrogens with zero attached hydrogens (tertiary/aromatic N) is 4. The van der Waals surface area contributed by atoms with Crippen molar-refractivity contribution in [2.75, 3.05) is 11.9 Å². The Morgan fingerprint density at radius 1 is 1.44 bits per heavy atom.